The van der Waals surface area contributed by atoms with Crippen molar-refractivity contribution in [3.8, 4) is 16.9 Å². The maximum Gasteiger partial charge on any atom is 0.225 e. The Bertz CT molecular complexity index is 1450. The largest absolute Gasteiger partial charge is 0.497 e. The van der Waals surface area contributed by atoms with Crippen molar-refractivity contribution >= 4 is 40.6 Å². The minimum Gasteiger partial charge on any atom is -0.497 e. The topological polar surface area (TPSA) is 97.7 Å². The van der Waals surface area contributed by atoms with Crippen LogP contribution in [-0.4, -0.2) is 63.4 Å². The van der Waals surface area contributed by atoms with E-state index in [1.54, 1.807) is 31.6 Å². The number of aromatic nitrogens is 5. The molecule has 3 aromatic heterocycles. The Morgan fingerprint density at radius 1 is 1.10 bits per heavy atom. The second kappa shape index (κ2) is 12.2. The Morgan fingerprint density at radius 2 is 1.77 bits per heavy atom. The number of rotatable bonds is 9. The van der Waals surface area contributed by atoms with Crippen LogP contribution >= 0.6 is 23.2 Å². The highest BCUT2D eigenvalue weighted by molar-refractivity contribution is 6.39. The van der Waals surface area contributed by atoms with E-state index in [-0.39, 0.29) is 12.1 Å². The van der Waals surface area contributed by atoms with Crippen LogP contribution in [0.3, 0.4) is 0 Å². The zero-order chi connectivity index (χ0) is 28.4. The molecule has 1 aromatic carbocycles. The Hall–Kier alpha value is -3.14. The van der Waals surface area contributed by atoms with Gasteiger partial charge in [-0.1, -0.05) is 36.5 Å². The van der Waals surface area contributed by atoms with Crippen LogP contribution in [0.1, 0.15) is 44.5 Å². The lowest BCUT2D eigenvalue weighted by Gasteiger charge is -2.42. The summed E-state index contributed by atoms with van der Waals surface area (Å²) >= 11 is 13.5. The van der Waals surface area contributed by atoms with E-state index >= 15 is 0 Å². The van der Waals surface area contributed by atoms with Crippen molar-refractivity contribution in [2.45, 2.75) is 58.5 Å². The van der Waals surface area contributed by atoms with Crippen molar-refractivity contribution in [1.82, 2.24) is 24.6 Å². The first-order valence-corrected chi connectivity index (χ1v) is 14.5. The van der Waals surface area contributed by atoms with E-state index in [2.05, 4.69) is 39.7 Å². The molecular weight excluding hydrogens is 547 g/mol. The molecule has 1 aliphatic heterocycles. The maximum atomic E-state index is 6.77. The highest BCUT2D eigenvalue weighted by atomic mass is 35.5. The van der Waals surface area contributed by atoms with Gasteiger partial charge in [-0.2, -0.15) is 9.61 Å². The Balaban J connectivity index is 1.61. The number of piperidine rings is 1. The number of benzene rings is 1. The lowest BCUT2D eigenvalue weighted by Crippen LogP contribution is -2.51. The first kappa shape index (κ1) is 28.4. The minimum absolute atomic E-state index is 0.0886. The number of halogens is 2. The normalized spacial score (nSPS) is 15.0. The predicted molar refractivity (Wildman–Crippen MR) is 162 cm³/mol. The third-order valence-corrected chi connectivity index (χ3v) is 8.18. The van der Waals surface area contributed by atoms with Gasteiger partial charge in [0.1, 0.15) is 11.6 Å². The lowest BCUT2D eigenvalue weighted by atomic mass is 10.0. The van der Waals surface area contributed by atoms with Crippen molar-refractivity contribution in [3.63, 3.8) is 0 Å². The molecule has 0 spiro atoms. The molecule has 1 fully saturated rings. The molecule has 0 saturated carbocycles. The van der Waals surface area contributed by atoms with Gasteiger partial charge in [-0.3, -0.25) is 0 Å². The van der Waals surface area contributed by atoms with Crippen molar-refractivity contribution in [2.24, 2.45) is 5.73 Å². The minimum atomic E-state index is 0.0886. The summed E-state index contributed by atoms with van der Waals surface area (Å²) in [5, 5.41) is 5.99. The number of methoxy groups -OCH3 is 1. The fourth-order valence-electron chi connectivity index (χ4n) is 5.61. The molecule has 9 nitrogen and oxygen atoms in total. The second-order valence-electron chi connectivity index (χ2n) is 10.3. The van der Waals surface area contributed by atoms with Crippen molar-refractivity contribution in [3.05, 3.63) is 58.1 Å². The summed E-state index contributed by atoms with van der Waals surface area (Å²) in [4.78, 5) is 18.7. The number of hydrogen-bond donors (Lipinski definition) is 1. The van der Waals surface area contributed by atoms with Crippen LogP contribution in [0.15, 0.2) is 36.7 Å². The van der Waals surface area contributed by atoms with Gasteiger partial charge in [0.25, 0.3) is 0 Å². The molecule has 0 radical (unpaired) electrons. The molecule has 0 bridgehead atoms. The smallest absolute Gasteiger partial charge is 0.225 e. The van der Waals surface area contributed by atoms with Gasteiger partial charge in [0.15, 0.2) is 5.65 Å². The summed E-state index contributed by atoms with van der Waals surface area (Å²) in [6, 6.07) is 7.91. The van der Waals surface area contributed by atoms with E-state index in [9.17, 15) is 0 Å². The van der Waals surface area contributed by atoms with Crippen molar-refractivity contribution in [1.29, 1.82) is 0 Å². The number of anilines is 2. The summed E-state index contributed by atoms with van der Waals surface area (Å²) in [5.74, 6) is 2.36. The number of aryl methyl sites for hydroxylation is 2. The Labute approximate surface area is 245 Å². The van der Waals surface area contributed by atoms with Crippen LogP contribution in [-0.2, 0) is 6.42 Å². The number of fused-ring (bicyclic) bond motifs is 1. The molecule has 1 unspecified atom stereocenters. The summed E-state index contributed by atoms with van der Waals surface area (Å²) in [5.41, 5.74) is 10.4. The van der Waals surface area contributed by atoms with E-state index in [0.29, 0.717) is 27.9 Å². The van der Waals surface area contributed by atoms with Gasteiger partial charge in [-0.25, -0.2) is 15.0 Å². The summed E-state index contributed by atoms with van der Waals surface area (Å²) < 4.78 is 7.32. The van der Waals surface area contributed by atoms with Gasteiger partial charge >= 0.3 is 0 Å². The van der Waals surface area contributed by atoms with Crippen LogP contribution in [0.25, 0.3) is 16.8 Å². The maximum absolute atomic E-state index is 6.77. The number of ether oxygens (including phenoxy) is 1. The average molecular weight is 584 g/mol. The highest BCUT2D eigenvalue weighted by Crippen LogP contribution is 2.42. The van der Waals surface area contributed by atoms with Crippen molar-refractivity contribution in [2.75, 3.05) is 36.5 Å². The third kappa shape index (κ3) is 5.42. The molecule has 4 aromatic rings. The average Bonchev–Trinajstić information content (AvgIpc) is 3.29. The number of nitrogens with zero attached hydrogens (tertiary/aromatic N) is 7. The molecule has 4 heterocycles. The Kier molecular flexibility index (Phi) is 8.63. The fraction of sp³-hybridized carbons (Fsp3) is 0.448. The predicted octanol–water partition coefficient (Wildman–Crippen LogP) is 5.59. The number of hydrogen-bond acceptors (Lipinski definition) is 8. The van der Waals surface area contributed by atoms with E-state index < -0.39 is 0 Å². The van der Waals surface area contributed by atoms with Crippen LogP contribution in [0.5, 0.6) is 5.75 Å². The SMILES string of the molecule is CCCc1cc(N(C(C)CN)C2CCN(c3ncccn3)CC2)n2nc(C)c(-c3c(Cl)cc(OC)cc3Cl)c2n1. The van der Waals surface area contributed by atoms with E-state index in [1.807, 2.05) is 17.5 Å². The quantitative estimate of drug-likeness (QED) is 0.273. The van der Waals surface area contributed by atoms with Crippen LogP contribution in [0, 0.1) is 6.92 Å². The molecule has 40 heavy (non-hydrogen) atoms. The third-order valence-electron chi connectivity index (χ3n) is 7.58. The molecular formula is C29H36Cl2N8O. The summed E-state index contributed by atoms with van der Waals surface area (Å²) in [6.45, 7) is 8.54. The molecule has 212 valence electrons. The van der Waals surface area contributed by atoms with Gasteiger partial charge in [0, 0.05) is 61.4 Å². The number of nitrogens with two attached hydrogens (primary N) is 1. The molecule has 5 rings (SSSR count). The fourth-order valence-corrected chi connectivity index (χ4v) is 6.26. The molecule has 0 amide bonds. The van der Waals surface area contributed by atoms with Crippen LogP contribution in [0.2, 0.25) is 10.0 Å². The summed E-state index contributed by atoms with van der Waals surface area (Å²) in [7, 11) is 1.59. The monoisotopic (exact) mass is 582 g/mol. The zero-order valence-electron chi connectivity index (χ0n) is 23.4. The highest BCUT2D eigenvalue weighted by Gasteiger charge is 2.32. The molecule has 1 saturated heterocycles. The van der Waals surface area contributed by atoms with Gasteiger partial charge in [-0.05, 0) is 51.3 Å². The first-order chi connectivity index (χ1) is 19.4. The Morgan fingerprint density at radius 3 is 2.38 bits per heavy atom. The molecule has 2 N–H and O–H groups in total. The van der Waals surface area contributed by atoms with Gasteiger partial charge in [0.2, 0.25) is 5.95 Å². The van der Waals surface area contributed by atoms with Crippen LogP contribution in [0.4, 0.5) is 11.8 Å². The molecule has 0 aliphatic carbocycles. The standard InChI is InChI=1S/C29H36Cl2N8O/c1-5-7-20-14-25(38(18(2)17-32)21-8-12-37(13-9-21)29-33-10-6-11-34-29)39-28(35-20)26(19(3)36-39)27-23(30)15-22(40-4)16-24(27)31/h6,10-11,14-16,18,21H,5,7-9,12-13,17,32H2,1-4H3. The van der Waals surface area contributed by atoms with E-state index in [0.717, 1.165) is 73.1 Å². The van der Waals surface area contributed by atoms with Crippen molar-refractivity contribution < 1.29 is 4.74 Å². The van der Waals surface area contributed by atoms with E-state index in [4.69, 9.17) is 43.8 Å². The summed E-state index contributed by atoms with van der Waals surface area (Å²) in [6.07, 6.45) is 7.28. The first-order valence-electron chi connectivity index (χ1n) is 13.8. The molecule has 1 aliphatic rings. The van der Waals surface area contributed by atoms with Gasteiger partial charge in [-0.15, -0.1) is 0 Å². The second-order valence-corrected chi connectivity index (χ2v) is 11.1. The molecule has 11 heteroatoms. The van der Waals surface area contributed by atoms with Gasteiger partial charge < -0.3 is 20.3 Å². The lowest BCUT2D eigenvalue weighted by molar-refractivity contribution is 0.415. The van der Waals surface area contributed by atoms with E-state index in [1.165, 1.54) is 0 Å². The van der Waals surface area contributed by atoms with Crippen LogP contribution < -0.4 is 20.3 Å². The zero-order valence-corrected chi connectivity index (χ0v) is 25.0. The van der Waals surface area contributed by atoms with Gasteiger partial charge in [0.05, 0.1) is 28.4 Å². The molecule has 1 atom stereocenters.